The number of aromatic nitrogens is 2. The lowest BCUT2D eigenvalue weighted by Crippen LogP contribution is -2.41. The Kier molecular flexibility index (Phi) is 5.37. The summed E-state index contributed by atoms with van der Waals surface area (Å²) in [4.78, 5) is 38.9. The lowest BCUT2D eigenvalue weighted by Gasteiger charge is -2.13. The van der Waals surface area contributed by atoms with Crippen molar-refractivity contribution in [2.45, 2.75) is 26.9 Å². The fourth-order valence-electron chi connectivity index (χ4n) is 3.33. The van der Waals surface area contributed by atoms with Crippen molar-refractivity contribution in [2.24, 2.45) is 0 Å². The van der Waals surface area contributed by atoms with Crippen LogP contribution in [-0.4, -0.2) is 15.0 Å². The van der Waals surface area contributed by atoms with Crippen LogP contribution in [0.25, 0.3) is 15.9 Å². The van der Waals surface area contributed by atoms with Crippen LogP contribution in [0.4, 0.5) is 0 Å². The topological polar surface area (TPSA) is 73.1 Å². The van der Waals surface area contributed by atoms with Crippen LogP contribution in [0.5, 0.6) is 0 Å². The molecule has 7 heteroatoms. The van der Waals surface area contributed by atoms with Crippen molar-refractivity contribution in [3.05, 3.63) is 97.5 Å². The molecule has 6 nitrogen and oxygen atoms in total. The monoisotopic (exact) mass is 419 g/mol. The molecule has 2 aromatic heterocycles. The smallest absolute Gasteiger partial charge is 0.336 e. The zero-order valence-corrected chi connectivity index (χ0v) is 17.5. The van der Waals surface area contributed by atoms with E-state index in [0.29, 0.717) is 22.4 Å². The number of rotatable bonds is 5. The quantitative estimate of drug-likeness (QED) is 0.540. The second kappa shape index (κ2) is 8.12. The van der Waals surface area contributed by atoms with Gasteiger partial charge >= 0.3 is 5.69 Å². The summed E-state index contributed by atoms with van der Waals surface area (Å²) in [6.45, 7) is 4.12. The van der Waals surface area contributed by atoms with E-state index in [4.69, 9.17) is 0 Å². The van der Waals surface area contributed by atoms with Gasteiger partial charge in [-0.1, -0.05) is 36.4 Å². The van der Waals surface area contributed by atoms with E-state index in [-0.39, 0.29) is 18.0 Å². The first kappa shape index (κ1) is 19.8. The summed E-state index contributed by atoms with van der Waals surface area (Å²) in [5.74, 6) is -0.293. The Morgan fingerprint density at radius 1 is 1.00 bits per heavy atom. The Morgan fingerprint density at radius 2 is 1.77 bits per heavy atom. The van der Waals surface area contributed by atoms with E-state index >= 15 is 0 Å². The van der Waals surface area contributed by atoms with E-state index in [1.54, 1.807) is 17.5 Å². The molecule has 1 N–H and O–H groups in total. The Labute approximate surface area is 177 Å². The van der Waals surface area contributed by atoms with Gasteiger partial charge in [0.25, 0.3) is 5.56 Å². The standard InChI is InChI=1S/C23H21N3O3S/c1-15-8-9-18(12-16(15)2)26-22(28)21-19(10-11-30-21)25(23(26)29)14-20(27)24-13-17-6-4-3-5-7-17/h3-12H,13-14H2,1-2H3,(H,24,27). The highest BCUT2D eigenvalue weighted by Gasteiger charge is 2.17. The summed E-state index contributed by atoms with van der Waals surface area (Å²) < 4.78 is 2.96. The Bertz CT molecular complexity index is 1350. The van der Waals surface area contributed by atoms with E-state index < -0.39 is 5.69 Å². The molecule has 0 saturated carbocycles. The largest absolute Gasteiger partial charge is 0.350 e. The number of nitrogens with zero attached hydrogens (tertiary/aromatic N) is 2. The van der Waals surface area contributed by atoms with Crippen LogP contribution < -0.4 is 16.6 Å². The van der Waals surface area contributed by atoms with Gasteiger partial charge in [0.1, 0.15) is 11.2 Å². The van der Waals surface area contributed by atoms with Crippen LogP contribution in [0.3, 0.4) is 0 Å². The van der Waals surface area contributed by atoms with Gasteiger partial charge in [-0.2, -0.15) is 0 Å². The molecule has 0 spiro atoms. The summed E-state index contributed by atoms with van der Waals surface area (Å²) in [6.07, 6.45) is 0. The van der Waals surface area contributed by atoms with Gasteiger partial charge < -0.3 is 5.32 Å². The number of carbonyl (C=O) groups is 1. The zero-order valence-electron chi connectivity index (χ0n) is 16.7. The molecule has 30 heavy (non-hydrogen) atoms. The third-order valence-electron chi connectivity index (χ3n) is 5.14. The molecule has 0 aliphatic rings. The van der Waals surface area contributed by atoms with Gasteiger partial charge in [0.15, 0.2) is 0 Å². The Morgan fingerprint density at radius 3 is 2.50 bits per heavy atom. The maximum absolute atomic E-state index is 13.3. The second-order valence-corrected chi connectivity index (χ2v) is 8.09. The normalized spacial score (nSPS) is 11.0. The molecule has 0 radical (unpaired) electrons. The number of thiophene rings is 1. The fourth-order valence-corrected chi connectivity index (χ4v) is 4.15. The van der Waals surface area contributed by atoms with Crippen molar-refractivity contribution in [3.63, 3.8) is 0 Å². The lowest BCUT2D eigenvalue weighted by molar-refractivity contribution is -0.121. The molecule has 0 aliphatic heterocycles. The molecular weight excluding hydrogens is 398 g/mol. The van der Waals surface area contributed by atoms with Crippen molar-refractivity contribution >= 4 is 27.5 Å². The molecule has 0 saturated heterocycles. The number of fused-ring (bicyclic) bond motifs is 1. The maximum Gasteiger partial charge on any atom is 0.336 e. The highest BCUT2D eigenvalue weighted by molar-refractivity contribution is 7.17. The molecule has 152 valence electrons. The Hall–Kier alpha value is -3.45. The number of hydrogen-bond acceptors (Lipinski definition) is 4. The number of amides is 1. The van der Waals surface area contributed by atoms with E-state index in [1.165, 1.54) is 15.9 Å². The van der Waals surface area contributed by atoms with E-state index in [1.807, 2.05) is 56.3 Å². The van der Waals surface area contributed by atoms with Crippen molar-refractivity contribution < 1.29 is 4.79 Å². The first-order valence-corrected chi connectivity index (χ1v) is 10.4. The van der Waals surface area contributed by atoms with Gasteiger partial charge in [0.05, 0.1) is 11.2 Å². The molecular formula is C23H21N3O3S. The number of carbonyl (C=O) groups excluding carboxylic acids is 1. The third-order valence-corrected chi connectivity index (χ3v) is 6.03. The van der Waals surface area contributed by atoms with Gasteiger partial charge in [0.2, 0.25) is 5.91 Å². The Balaban J connectivity index is 1.73. The molecule has 0 fully saturated rings. The van der Waals surface area contributed by atoms with Gasteiger partial charge in [-0.3, -0.25) is 14.2 Å². The lowest BCUT2D eigenvalue weighted by atomic mass is 10.1. The number of hydrogen-bond donors (Lipinski definition) is 1. The minimum Gasteiger partial charge on any atom is -0.350 e. The number of nitrogens with one attached hydrogen (secondary N) is 1. The van der Waals surface area contributed by atoms with Crippen LogP contribution in [0.1, 0.15) is 16.7 Å². The van der Waals surface area contributed by atoms with Crippen LogP contribution in [0.15, 0.2) is 69.6 Å². The minimum absolute atomic E-state index is 0.163. The average molecular weight is 420 g/mol. The van der Waals surface area contributed by atoms with Gasteiger partial charge in [-0.15, -0.1) is 11.3 Å². The van der Waals surface area contributed by atoms with Crippen molar-refractivity contribution in [1.29, 1.82) is 0 Å². The zero-order chi connectivity index (χ0) is 21.3. The van der Waals surface area contributed by atoms with Crippen LogP contribution in [-0.2, 0) is 17.9 Å². The molecule has 4 rings (SSSR count). The van der Waals surface area contributed by atoms with Gasteiger partial charge in [-0.05, 0) is 54.1 Å². The summed E-state index contributed by atoms with van der Waals surface area (Å²) in [5.41, 5.74) is 3.12. The molecule has 0 bridgehead atoms. The van der Waals surface area contributed by atoms with Crippen molar-refractivity contribution in [1.82, 2.24) is 14.5 Å². The van der Waals surface area contributed by atoms with Gasteiger partial charge in [0, 0.05) is 6.54 Å². The minimum atomic E-state index is -0.524. The molecule has 4 aromatic rings. The predicted molar refractivity (Wildman–Crippen MR) is 119 cm³/mol. The van der Waals surface area contributed by atoms with Crippen LogP contribution >= 0.6 is 11.3 Å². The molecule has 0 atom stereocenters. The predicted octanol–water partition coefficient (Wildman–Crippen LogP) is 3.15. The van der Waals surface area contributed by atoms with E-state index in [0.717, 1.165) is 21.3 Å². The van der Waals surface area contributed by atoms with Crippen LogP contribution in [0.2, 0.25) is 0 Å². The summed E-state index contributed by atoms with van der Waals surface area (Å²) in [7, 11) is 0. The molecule has 0 unspecified atom stereocenters. The highest BCUT2D eigenvalue weighted by Crippen LogP contribution is 2.17. The SMILES string of the molecule is Cc1ccc(-n2c(=O)c3sccc3n(CC(=O)NCc3ccccc3)c2=O)cc1C. The fraction of sp³-hybridized carbons (Fsp3) is 0.174. The van der Waals surface area contributed by atoms with Gasteiger partial charge in [-0.25, -0.2) is 9.36 Å². The number of aryl methyl sites for hydroxylation is 2. The first-order valence-electron chi connectivity index (χ1n) is 9.57. The maximum atomic E-state index is 13.3. The van der Waals surface area contributed by atoms with Crippen LogP contribution in [0, 0.1) is 13.8 Å². The molecule has 1 amide bonds. The summed E-state index contributed by atoms with van der Waals surface area (Å²) >= 11 is 1.27. The van der Waals surface area contributed by atoms with Crippen molar-refractivity contribution in [2.75, 3.05) is 0 Å². The highest BCUT2D eigenvalue weighted by atomic mass is 32.1. The first-order chi connectivity index (χ1) is 14.5. The summed E-state index contributed by atoms with van der Waals surface area (Å²) in [6, 6.07) is 16.7. The second-order valence-electron chi connectivity index (χ2n) is 7.18. The molecule has 0 aliphatic carbocycles. The average Bonchev–Trinajstić information content (AvgIpc) is 3.23. The van der Waals surface area contributed by atoms with E-state index in [9.17, 15) is 14.4 Å². The van der Waals surface area contributed by atoms with E-state index in [2.05, 4.69) is 5.32 Å². The third kappa shape index (κ3) is 3.71. The summed E-state index contributed by atoms with van der Waals surface area (Å²) in [5, 5.41) is 4.60. The number of benzene rings is 2. The molecule has 2 heterocycles. The van der Waals surface area contributed by atoms with Crippen molar-refractivity contribution in [3.8, 4) is 5.69 Å². The molecule has 2 aromatic carbocycles.